The van der Waals surface area contributed by atoms with Gasteiger partial charge in [-0.3, -0.25) is 14.3 Å². The van der Waals surface area contributed by atoms with Gasteiger partial charge in [-0.1, -0.05) is 26.3 Å². The highest BCUT2D eigenvalue weighted by molar-refractivity contribution is 5.94. The van der Waals surface area contributed by atoms with E-state index in [-0.39, 0.29) is 36.4 Å². The third-order valence-electron chi connectivity index (χ3n) is 9.87. The Kier molecular flexibility index (Phi) is 10.1. The smallest absolute Gasteiger partial charge is 0.272 e. The molecular weight excluding hydrogens is 530 g/mol. The van der Waals surface area contributed by atoms with Crippen molar-refractivity contribution in [2.24, 2.45) is 11.8 Å². The maximum Gasteiger partial charge on any atom is 0.272 e. The highest BCUT2D eigenvalue weighted by atomic mass is 16.5. The van der Waals surface area contributed by atoms with Crippen LogP contribution in [0.25, 0.3) is 11.3 Å². The number of ether oxygens (including phenoxy) is 2. The lowest BCUT2D eigenvalue weighted by molar-refractivity contribution is -0.122. The van der Waals surface area contributed by atoms with E-state index in [0.29, 0.717) is 29.0 Å². The predicted octanol–water partition coefficient (Wildman–Crippen LogP) is 5.21. The fourth-order valence-corrected chi connectivity index (χ4v) is 6.80. The predicted molar refractivity (Wildman–Crippen MR) is 164 cm³/mol. The number of amides is 2. The molecule has 2 aliphatic carbocycles. The zero-order chi connectivity index (χ0) is 29.6. The molecule has 230 valence electrons. The minimum absolute atomic E-state index is 0.0161. The van der Waals surface area contributed by atoms with Gasteiger partial charge in [-0.15, -0.1) is 0 Å². The average molecular weight is 580 g/mol. The van der Waals surface area contributed by atoms with Crippen LogP contribution in [0.3, 0.4) is 0 Å². The van der Waals surface area contributed by atoms with Gasteiger partial charge in [-0.05, 0) is 94.5 Å². The Bertz CT molecular complexity index is 1200. The van der Waals surface area contributed by atoms with Gasteiger partial charge in [0.15, 0.2) is 5.69 Å². The zero-order valence-corrected chi connectivity index (χ0v) is 25.9. The Morgan fingerprint density at radius 3 is 2.31 bits per heavy atom. The van der Waals surface area contributed by atoms with Crippen LogP contribution in [0.15, 0.2) is 24.3 Å². The number of carbonyl (C=O) groups is 2. The molecule has 0 spiro atoms. The summed E-state index contributed by atoms with van der Waals surface area (Å²) in [5.74, 6) is 2.09. The molecule has 9 nitrogen and oxygen atoms in total. The Labute approximate surface area is 250 Å². The molecule has 0 bridgehead atoms. The van der Waals surface area contributed by atoms with Gasteiger partial charge >= 0.3 is 0 Å². The third-order valence-corrected chi connectivity index (χ3v) is 9.87. The summed E-state index contributed by atoms with van der Waals surface area (Å²) in [7, 11) is 3.29. The summed E-state index contributed by atoms with van der Waals surface area (Å²) in [5, 5.41) is 11.3. The standard InChI is InChI=1S/C33H49N5O4/c1-22-14-15-27(23(22)2)38-28(32-29(41-3)12-9-13-30(32)42-4)21-26(36-38)33(40)35-25(16-19-37-17-6-5-7-18-37)20-31(39)34-24-10-8-11-24/h9,12-13,21-25,27H,5-8,10-11,14-20H2,1-4H3,(H,34,39)(H,35,40)/t22?,23?,25-,27?/m0/s1. The number of hydrogen-bond acceptors (Lipinski definition) is 6. The lowest BCUT2D eigenvalue weighted by Crippen LogP contribution is -2.45. The molecule has 5 rings (SSSR count). The molecule has 3 unspecified atom stereocenters. The molecule has 4 atom stereocenters. The first-order valence-corrected chi connectivity index (χ1v) is 16.0. The zero-order valence-electron chi connectivity index (χ0n) is 25.9. The maximum absolute atomic E-state index is 13.8. The molecule has 2 aromatic rings. The highest BCUT2D eigenvalue weighted by Crippen LogP contribution is 2.45. The fraction of sp³-hybridized carbons (Fsp3) is 0.667. The van der Waals surface area contributed by atoms with E-state index in [1.54, 1.807) is 14.2 Å². The second-order valence-electron chi connectivity index (χ2n) is 12.6. The molecule has 0 radical (unpaired) electrons. The maximum atomic E-state index is 13.8. The van der Waals surface area contributed by atoms with Crippen LogP contribution < -0.4 is 20.1 Å². The number of nitrogens with zero attached hydrogens (tertiary/aromatic N) is 3. The van der Waals surface area contributed by atoms with Crippen LogP contribution in [0.4, 0.5) is 0 Å². The lowest BCUT2D eigenvalue weighted by Gasteiger charge is -2.29. The number of aromatic nitrogens is 2. The van der Waals surface area contributed by atoms with Crippen molar-refractivity contribution in [3.63, 3.8) is 0 Å². The van der Waals surface area contributed by atoms with Crippen molar-refractivity contribution in [2.75, 3.05) is 33.9 Å². The van der Waals surface area contributed by atoms with E-state index >= 15 is 0 Å². The van der Waals surface area contributed by atoms with Crippen LogP contribution in [0, 0.1) is 11.8 Å². The first kappa shape index (κ1) is 30.4. The van der Waals surface area contributed by atoms with Crippen molar-refractivity contribution < 1.29 is 19.1 Å². The van der Waals surface area contributed by atoms with E-state index in [4.69, 9.17) is 14.6 Å². The van der Waals surface area contributed by atoms with Crippen LogP contribution in [-0.4, -0.2) is 72.4 Å². The number of likely N-dealkylation sites (tertiary alicyclic amines) is 1. The summed E-state index contributed by atoms with van der Waals surface area (Å²) in [6.45, 7) is 7.59. The minimum Gasteiger partial charge on any atom is -0.496 e. The molecule has 1 aromatic heterocycles. The summed E-state index contributed by atoms with van der Waals surface area (Å²) in [5.41, 5.74) is 1.96. The monoisotopic (exact) mass is 579 g/mol. The largest absolute Gasteiger partial charge is 0.496 e. The quantitative estimate of drug-likeness (QED) is 0.359. The van der Waals surface area contributed by atoms with Gasteiger partial charge in [0.1, 0.15) is 11.5 Å². The summed E-state index contributed by atoms with van der Waals surface area (Å²) in [6, 6.07) is 7.76. The van der Waals surface area contributed by atoms with Crippen molar-refractivity contribution in [1.82, 2.24) is 25.3 Å². The summed E-state index contributed by atoms with van der Waals surface area (Å²) >= 11 is 0. The Balaban J connectivity index is 1.41. The molecule has 2 N–H and O–H groups in total. The topological polar surface area (TPSA) is 97.7 Å². The number of methoxy groups -OCH3 is 2. The first-order valence-electron chi connectivity index (χ1n) is 16.0. The second-order valence-corrected chi connectivity index (χ2v) is 12.6. The van der Waals surface area contributed by atoms with Gasteiger partial charge in [-0.25, -0.2) is 0 Å². The van der Waals surface area contributed by atoms with Crippen molar-refractivity contribution in [2.45, 2.75) is 96.2 Å². The van der Waals surface area contributed by atoms with Crippen LogP contribution in [0.5, 0.6) is 11.5 Å². The van der Waals surface area contributed by atoms with Gasteiger partial charge in [-0.2, -0.15) is 5.10 Å². The molecule has 2 heterocycles. The molecule has 1 aromatic carbocycles. The molecule has 9 heteroatoms. The Hall–Kier alpha value is -3.07. The number of hydrogen-bond donors (Lipinski definition) is 2. The Morgan fingerprint density at radius 1 is 1.00 bits per heavy atom. The van der Waals surface area contributed by atoms with Crippen molar-refractivity contribution >= 4 is 11.8 Å². The van der Waals surface area contributed by atoms with Gasteiger partial charge < -0.3 is 25.0 Å². The third kappa shape index (κ3) is 6.93. The molecule has 1 saturated heterocycles. The molecule has 2 saturated carbocycles. The molecule has 42 heavy (non-hydrogen) atoms. The van der Waals surface area contributed by atoms with Gasteiger partial charge in [0.05, 0.1) is 31.5 Å². The van der Waals surface area contributed by atoms with Gasteiger partial charge in [0.25, 0.3) is 5.91 Å². The summed E-state index contributed by atoms with van der Waals surface area (Å²) in [4.78, 5) is 29.2. The van der Waals surface area contributed by atoms with Crippen molar-refractivity contribution in [1.29, 1.82) is 0 Å². The van der Waals surface area contributed by atoms with E-state index in [0.717, 1.165) is 63.0 Å². The van der Waals surface area contributed by atoms with Crippen LogP contribution in [0.2, 0.25) is 0 Å². The first-order chi connectivity index (χ1) is 20.4. The second kappa shape index (κ2) is 13.9. The number of nitrogens with one attached hydrogen (secondary N) is 2. The lowest BCUT2D eigenvalue weighted by atomic mass is 9.93. The van der Waals surface area contributed by atoms with Gasteiger partial charge in [0.2, 0.25) is 5.91 Å². The average Bonchev–Trinajstić information content (AvgIpc) is 3.56. The molecule has 3 aliphatic rings. The van der Waals surface area contributed by atoms with E-state index < -0.39 is 0 Å². The number of piperidine rings is 1. The number of benzene rings is 1. The highest BCUT2D eigenvalue weighted by Gasteiger charge is 2.35. The summed E-state index contributed by atoms with van der Waals surface area (Å²) in [6.07, 6.45) is 10.1. The van der Waals surface area contributed by atoms with E-state index in [1.807, 2.05) is 28.9 Å². The number of rotatable bonds is 12. The molecule has 2 amide bonds. The molecule has 3 fully saturated rings. The van der Waals surface area contributed by atoms with Crippen LogP contribution in [-0.2, 0) is 4.79 Å². The van der Waals surface area contributed by atoms with Gasteiger partial charge in [0, 0.05) is 25.0 Å². The van der Waals surface area contributed by atoms with Crippen molar-refractivity contribution in [3.05, 3.63) is 30.0 Å². The Morgan fingerprint density at radius 2 is 1.71 bits per heavy atom. The van der Waals surface area contributed by atoms with Crippen LogP contribution in [0.1, 0.15) is 94.6 Å². The summed E-state index contributed by atoms with van der Waals surface area (Å²) < 4.78 is 13.5. The molecular formula is C33H49N5O4. The minimum atomic E-state index is -0.265. The van der Waals surface area contributed by atoms with E-state index in [9.17, 15) is 9.59 Å². The SMILES string of the molecule is COc1cccc(OC)c1-c1cc(C(=O)N[C@@H](CCN2CCCCC2)CC(=O)NC2CCC2)nn1C1CCC(C)C1C. The fourth-order valence-electron chi connectivity index (χ4n) is 6.80. The normalized spacial score (nSPS) is 23.7. The van der Waals surface area contributed by atoms with E-state index in [1.165, 1.54) is 25.7 Å². The number of carbonyl (C=O) groups excluding carboxylic acids is 2. The van der Waals surface area contributed by atoms with Crippen LogP contribution >= 0.6 is 0 Å². The van der Waals surface area contributed by atoms with Crippen molar-refractivity contribution in [3.8, 4) is 22.8 Å². The molecule has 1 aliphatic heterocycles. The van der Waals surface area contributed by atoms with E-state index in [2.05, 4.69) is 29.4 Å².